The Hall–Kier alpha value is -1.86. The molecule has 0 bridgehead atoms. The monoisotopic (exact) mass is 869 g/mol. The van der Waals surface area contributed by atoms with Crippen molar-refractivity contribution in [1.82, 2.24) is 9.80 Å². The first kappa shape index (κ1) is 51.8. The van der Waals surface area contributed by atoms with Crippen molar-refractivity contribution >= 4 is 11.8 Å². The maximum absolute atomic E-state index is 14.0. The van der Waals surface area contributed by atoms with E-state index in [1.165, 1.54) is 20.6 Å². The van der Waals surface area contributed by atoms with E-state index in [2.05, 4.69) is 18.7 Å². The fraction of sp³-hybridized carbons (Fsp3) is 0.870. The molecule has 0 spiro atoms. The Morgan fingerprint density at radius 3 is 2.05 bits per heavy atom. The van der Waals surface area contributed by atoms with Gasteiger partial charge in [0.05, 0.1) is 49.6 Å². The minimum atomic E-state index is -1.23. The highest BCUT2D eigenvalue weighted by molar-refractivity contribution is 5.91. The first-order chi connectivity index (χ1) is 28.8. The minimum absolute atomic E-state index is 0.0427. The molecule has 61 heavy (non-hydrogen) atoms. The average Bonchev–Trinajstić information content (AvgIpc) is 3.19. The lowest BCUT2D eigenvalue weighted by Gasteiger charge is -2.47. The summed E-state index contributed by atoms with van der Waals surface area (Å²) in [5.41, 5.74) is 0.761. The van der Waals surface area contributed by atoms with Crippen LogP contribution in [0.5, 0.6) is 0 Å². The number of hydrogen-bond acceptors (Lipinski definition) is 15. The molecule has 4 heterocycles. The second-order valence-corrected chi connectivity index (χ2v) is 18.9. The first-order valence-electron chi connectivity index (χ1n) is 22.6. The van der Waals surface area contributed by atoms with Crippen LogP contribution in [0.3, 0.4) is 0 Å². The first-order valence-corrected chi connectivity index (χ1v) is 22.6. The summed E-state index contributed by atoms with van der Waals surface area (Å²) in [5.74, 6) is -1.46. The predicted octanol–water partition coefficient (Wildman–Crippen LogP) is 3.34. The lowest BCUT2D eigenvalue weighted by Crippen LogP contribution is -2.63. The van der Waals surface area contributed by atoms with Crippen LogP contribution >= 0.6 is 0 Å². The molecule has 0 radical (unpaired) electrons. The molecule has 0 unspecified atom stereocenters. The molecule has 0 amide bonds. The molecule has 19 atom stereocenters. The van der Waals surface area contributed by atoms with E-state index < -0.39 is 103 Å². The lowest BCUT2D eigenvalue weighted by molar-refractivity contribution is -0.304. The largest absolute Gasteiger partial charge is 0.462 e. The summed E-state index contributed by atoms with van der Waals surface area (Å²) in [6.07, 6.45) is -2.96. The smallest absolute Gasteiger partial charge is 0.308 e. The Bertz CT molecular complexity index is 1420. The maximum Gasteiger partial charge on any atom is 0.308 e. The van der Waals surface area contributed by atoms with E-state index >= 15 is 0 Å². The van der Waals surface area contributed by atoms with Gasteiger partial charge >= 0.3 is 5.97 Å². The zero-order valence-corrected chi connectivity index (χ0v) is 38.9. The van der Waals surface area contributed by atoms with E-state index in [4.69, 9.17) is 33.2 Å². The van der Waals surface area contributed by atoms with Gasteiger partial charge in [-0.1, -0.05) is 52.3 Å². The summed E-state index contributed by atoms with van der Waals surface area (Å²) >= 11 is 0. The maximum atomic E-state index is 14.0. The molecule has 0 saturated carbocycles. The third kappa shape index (κ3) is 13.8. The molecule has 0 aliphatic carbocycles. The number of rotatable bonds is 12. The number of aliphatic hydroxyl groups is 4. The zero-order chi connectivity index (χ0) is 45.3. The number of methoxy groups -OCH3 is 2. The van der Waals surface area contributed by atoms with Gasteiger partial charge in [0.2, 0.25) is 0 Å². The Morgan fingerprint density at radius 1 is 0.820 bits per heavy atom. The number of nitrogens with zero attached hydrogens (tertiary/aromatic N) is 2. The fourth-order valence-electron chi connectivity index (χ4n) is 10.0. The SMILES string of the molecule is CC[C@H]1OC(=O)C[C@H](O)[C@H](C)[C@@H](O[C@@H]2O[C@H](C)[C@@H](O)[C@H](N(C)C)[C@H]2O)[C@@H](CCN2C[C@@H](C)C[C@H](C)C2)C[C@@H](C)C(=O)/C=C/C(C)=C/[C@@H]1CO[C@@H]1O[C@H](C)[C@@H](O)[C@@H](OC)[C@H]1OC. The second-order valence-electron chi connectivity index (χ2n) is 18.9. The van der Waals surface area contributed by atoms with Gasteiger partial charge in [-0.15, -0.1) is 0 Å². The van der Waals surface area contributed by atoms with E-state index in [-0.39, 0.29) is 24.7 Å². The van der Waals surface area contributed by atoms with Gasteiger partial charge in [-0.05, 0) is 90.9 Å². The Kier molecular flexibility index (Phi) is 20.3. The number of ketones is 1. The highest BCUT2D eigenvalue weighted by Crippen LogP contribution is 2.36. The van der Waals surface area contributed by atoms with Crippen LogP contribution in [-0.2, 0) is 42.7 Å². The van der Waals surface area contributed by atoms with Crippen LogP contribution < -0.4 is 0 Å². The lowest BCUT2D eigenvalue weighted by atomic mass is 9.79. The molecule has 4 aliphatic rings. The van der Waals surface area contributed by atoms with Crippen LogP contribution in [0.2, 0.25) is 0 Å². The Morgan fingerprint density at radius 2 is 1.44 bits per heavy atom. The summed E-state index contributed by atoms with van der Waals surface area (Å²) in [6, 6.07) is -0.684. The van der Waals surface area contributed by atoms with E-state index in [0.717, 1.165) is 25.2 Å². The molecule has 4 N–H and O–H groups in total. The number of aliphatic hydroxyl groups excluding tert-OH is 4. The highest BCUT2D eigenvalue weighted by Gasteiger charge is 2.48. The minimum Gasteiger partial charge on any atom is -0.462 e. The number of esters is 1. The van der Waals surface area contributed by atoms with Gasteiger partial charge in [0.1, 0.15) is 30.5 Å². The van der Waals surface area contributed by atoms with Crippen LogP contribution in [0, 0.1) is 35.5 Å². The van der Waals surface area contributed by atoms with Gasteiger partial charge in [0.15, 0.2) is 18.4 Å². The number of hydrogen-bond donors (Lipinski definition) is 4. The molecule has 0 aromatic carbocycles. The standard InChI is InChI=1S/C46H80N2O13/c1-13-36-33(24-57-46-44(56-12)43(55-11)40(53)31(8)59-46)19-25(2)14-15-34(49)28(5)20-32(16-17-48-22-26(3)18-27(4)23-48)42(29(6)35(50)21-37(51)60-36)61-45-41(54)38(47(9)10)39(52)30(7)58-45/h14-15,19,26-33,35-36,38-46,50,52-54H,13,16-18,20-24H2,1-12H3/b15-14+,25-19+/t26-,27-,28+,29-,30+,31+,32-,33+,35-,36+,38-,39+,40+,41+,42+,43+,44+,45-,46+/m0/s1. The van der Waals surface area contributed by atoms with Gasteiger partial charge < -0.3 is 63.4 Å². The average molecular weight is 869 g/mol. The number of carbonyl (C=O) groups is 2. The van der Waals surface area contributed by atoms with Crippen LogP contribution in [0.25, 0.3) is 0 Å². The fourth-order valence-corrected chi connectivity index (χ4v) is 10.0. The molecule has 352 valence electrons. The van der Waals surface area contributed by atoms with Crippen molar-refractivity contribution in [3.8, 4) is 0 Å². The normalized spacial score (nSPS) is 44.3. The summed E-state index contributed by atoms with van der Waals surface area (Å²) in [7, 11) is 6.54. The van der Waals surface area contributed by atoms with E-state index in [1.54, 1.807) is 45.0 Å². The molecule has 3 saturated heterocycles. The molecule has 4 aliphatic heterocycles. The van der Waals surface area contributed by atoms with Gasteiger partial charge in [0, 0.05) is 45.1 Å². The van der Waals surface area contributed by atoms with Crippen molar-refractivity contribution < 1.29 is 63.2 Å². The second kappa shape index (κ2) is 23.9. The summed E-state index contributed by atoms with van der Waals surface area (Å²) in [6.45, 7) is 18.2. The number of allylic oxidation sites excluding steroid dienone is 3. The number of likely N-dealkylation sites (tertiary alicyclic amines) is 1. The molecule has 15 heteroatoms. The molecule has 3 fully saturated rings. The third-order valence-electron chi connectivity index (χ3n) is 13.5. The third-order valence-corrected chi connectivity index (χ3v) is 13.5. The number of ether oxygens (including phenoxy) is 7. The summed E-state index contributed by atoms with van der Waals surface area (Å²) in [4.78, 5) is 32.1. The van der Waals surface area contributed by atoms with E-state index in [9.17, 15) is 30.0 Å². The van der Waals surface area contributed by atoms with Crippen molar-refractivity contribution in [1.29, 1.82) is 0 Å². The molecular formula is C46H80N2O13. The van der Waals surface area contributed by atoms with Crippen LogP contribution in [0.4, 0.5) is 0 Å². The predicted molar refractivity (Wildman–Crippen MR) is 229 cm³/mol. The molecule has 0 aromatic heterocycles. The van der Waals surface area contributed by atoms with Crippen molar-refractivity contribution in [2.24, 2.45) is 35.5 Å². The van der Waals surface area contributed by atoms with Crippen molar-refractivity contribution in [2.45, 2.75) is 167 Å². The molecular weight excluding hydrogens is 789 g/mol. The van der Waals surface area contributed by atoms with Crippen LogP contribution in [0.1, 0.15) is 87.5 Å². The van der Waals surface area contributed by atoms with Crippen molar-refractivity contribution in [3.05, 3.63) is 23.8 Å². The molecule has 0 aromatic rings. The Labute approximate surface area is 365 Å². The quantitative estimate of drug-likeness (QED) is 0.209. The van der Waals surface area contributed by atoms with Gasteiger partial charge in [-0.2, -0.15) is 0 Å². The topological polar surface area (TPSA) is 186 Å². The summed E-state index contributed by atoms with van der Waals surface area (Å²) < 4.78 is 42.6. The zero-order valence-electron chi connectivity index (χ0n) is 38.9. The van der Waals surface area contributed by atoms with Crippen LogP contribution in [0.15, 0.2) is 23.8 Å². The number of likely N-dealkylation sites (N-methyl/N-ethyl adjacent to an activating group) is 1. The van der Waals surface area contributed by atoms with Gasteiger partial charge in [0.25, 0.3) is 0 Å². The number of cyclic esters (lactones) is 1. The van der Waals surface area contributed by atoms with Gasteiger partial charge in [-0.3, -0.25) is 9.59 Å². The molecule has 15 nitrogen and oxygen atoms in total. The number of carbonyl (C=O) groups excluding carboxylic acids is 2. The molecule has 4 rings (SSSR count). The van der Waals surface area contributed by atoms with Crippen LogP contribution in [-0.4, -0.2) is 176 Å². The summed E-state index contributed by atoms with van der Waals surface area (Å²) in [5, 5.41) is 45.3. The highest BCUT2D eigenvalue weighted by atomic mass is 16.7. The number of piperidine rings is 1. The van der Waals surface area contributed by atoms with Crippen molar-refractivity contribution in [3.63, 3.8) is 0 Å². The Balaban J connectivity index is 1.68. The van der Waals surface area contributed by atoms with Gasteiger partial charge in [-0.25, -0.2) is 0 Å². The van der Waals surface area contributed by atoms with E-state index in [1.807, 2.05) is 33.8 Å². The van der Waals surface area contributed by atoms with E-state index in [0.29, 0.717) is 31.1 Å². The van der Waals surface area contributed by atoms with Crippen molar-refractivity contribution in [2.75, 3.05) is 54.6 Å².